The summed E-state index contributed by atoms with van der Waals surface area (Å²) in [6, 6.07) is 15.0. The topological polar surface area (TPSA) is 105 Å². The monoisotopic (exact) mass is 675 g/mol. The highest BCUT2D eigenvalue weighted by Gasteiger charge is 2.51. The van der Waals surface area contributed by atoms with Crippen molar-refractivity contribution in [1.82, 2.24) is 0 Å². The fourth-order valence-corrected chi connectivity index (χ4v) is 9.28. The second-order valence-corrected chi connectivity index (χ2v) is 15.1. The van der Waals surface area contributed by atoms with Gasteiger partial charge < -0.3 is 20.9 Å². The largest absolute Gasteiger partial charge is 0.446 e. The normalized spacial score (nSPS) is 21.3. The number of carbonyl (C=O) groups is 2. The molecule has 2 aromatic carbocycles. The Morgan fingerprint density at radius 1 is 0.571 bits per heavy atom. The molecule has 4 N–H and O–H groups in total. The van der Waals surface area contributed by atoms with Crippen LogP contribution in [0.15, 0.2) is 36.4 Å². The first-order valence-electron chi connectivity index (χ1n) is 19.9. The minimum atomic E-state index is -0.670. The molecule has 2 aliphatic rings. The van der Waals surface area contributed by atoms with E-state index in [-0.39, 0.29) is 17.6 Å². The van der Waals surface area contributed by atoms with Crippen LogP contribution >= 0.6 is 0 Å². The molecule has 2 fully saturated rings. The van der Waals surface area contributed by atoms with E-state index in [1.165, 1.54) is 59.1 Å². The number of amides is 2. The van der Waals surface area contributed by atoms with Crippen LogP contribution in [0.2, 0.25) is 0 Å². The van der Waals surface area contributed by atoms with Crippen LogP contribution in [0.3, 0.4) is 0 Å². The van der Waals surface area contributed by atoms with Crippen LogP contribution in [-0.2, 0) is 40.6 Å². The van der Waals surface area contributed by atoms with Crippen molar-refractivity contribution < 1.29 is 19.1 Å². The van der Waals surface area contributed by atoms with Gasteiger partial charge in [-0.25, -0.2) is 9.59 Å². The van der Waals surface area contributed by atoms with Gasteiger partial charge in [0.25, 0.3) is 0 Å². The van der Waals surface area contributed by atoms with Gasteiger partial charge in [-0.3, -0.25) is 0 Å². The zero-order valence-electron chi connectivity index (χ0n) is 31.2. The summed E-state index contributed by atoms with van der Waals surface area (Å²) >= 11 is 0. The quantitative estimate of drug-likeness (QED) is 0.164. The minimum Gasteiger partial charge on any atom is -0.446 e. The Morgan fingerprint density at radius 3 is 1.24 bits per heavy atom. The van der Waals surface area contributed by atoms with Gasteiger partial charge in [0, 0.05) is 5.41 Å². The van der Waals surface area contributed by atoms with E-state index >= 15 is 0 Å². The summed E-state index contributed by atoms with van der Waals surface area (Å²) in [6.07, 6.45) is 19.4. The lowest BCUT2D eigenvalue weighted by Gasteiger charge is -2.53. The molecule has 2 saturated carbocycles. The molecule has 0 unspecified atom stereocenters. The SMILES string of the molecule is CCCCc1ccc(C(c2ccc(CCCC)cc2CCCC)(C2CCC(OC(N)=O)CC2)C2CCC(OC(N)=O)CC2)c(CCCC)c1. The average molecular weight is 675 g/mol. The van der Waals surface area contributed by atoms with Gasteiger partial charge in [0.1, 0.15) is 12.2 Å². The minimum absolute atomic E-state index is 0.127. The van der Waals surface area contributed by atoms with Crippen molar-refractivity contribution in [3.05, 3.63) is 69.8 Å². The van der Waals surface area contributed by atoms with Crippen molar-refractivity contribution in [1.29, 1.82) is 0 Å². The van der Waals surface area contributed by atoms with Crippen molar-refractivity contribution in [3.63, 3.8) is 0 Å². The third-order valence-corrected chi connectivity index (χ3v) is 11.7. The first-order valence-corrected chi connectivity index (χ1v) is 19.9. The van der Waals surface area contributed by atoms with E-state index in [0.717, 1.165) is 103 Å². The lowest BCUT2D eigenvalue weighted by atomic mass is 9.51. The van der Waals surface area contributed by atoms with Crippen LogP contribution in [0.4, 0.5) is 9.59 Å². The van der Waals surface area contributed by atoms with Crippen molar-refractivity contribution >= 4 is 12.2 Å². The van der Waals surface area contributed by atoms with Crippen LogP contribution in [0, 0.1) is 11.8 Å². The molecule has 0 bridgehead atoms. The molecule has 6 nitrogen and oxygen atoms in total. The van der Waals surface area contributed by atoms with E-state index in [1.807, 2.05) is 0 Å². The molecule has 0 saturated heterocycles. The van der Waals surface area contributed by atoms with Gasteiger partial charge in [0.15, 0.2) is 0 Å². The van der Waals surface area contributed by atoms with Gasteiger partial charge in [0.05, 0.1) is 0 Å². The third-order valence-electron chi connectivity index (χ3n) is 11.7. The number of aryl methyl sites for hydroxylation is 4. The fourth-order valence-electron chi connectivity index (χ4n) is 9.28. The molecule has 272 valence electrons. The number of primary amides is 2. The Hall–Kier alpha value is -3.02. The molecule has 2 aromatic rings. The summed E-state index contributed by atoms with van der Waals surface area (Å²) < 4.78 is 11.2. The summed E-state index contributed by atoms with van der Waals surface area (Å²) in [6.45, 7) is 9.14. The summed E-state index contributed by atoms with van der Waals surface area (Å²) in [5.41, 5.74) is 19.8. The predicted molar refractivity (Wildman–Crippen MR) is 201 cm³/mol. The Kier molecular flexibility index (Phi) is 15.3. The van der Waals surface area contributed by atoms with Crippen molar-refractivity contribution in [2.75, 3.05) is 0 Å². The molecule has 0 heterocycles. The molecule has 4 rings (SSSR count). The van der Waals surface area contributed by atoms with E-state index in [2.05, 4.69) is 64.1 Å². The smallest absolute Gasteiger partial charge is 0.404 e. The summed E-state index contributed by atoms with van der Waals surface area (Å²) in [5.74, 6) is 0.755. The van der Waals surface area contributed by atoms with Gasteiger partial charge >= 0.3 is 12.2 Å². The van der Waals surface area contributed by atoms with Gasteiger partial charge in [-0.1, -0.05) is 89.8 Å². The van der Waals surface area contributed by atoms with Crippen molar-refractivity contribution in [2.45, 2.75) is 174 Å². The lowest BCUT2D eigenvalue weighted by Crippen LogP contribution is -2.49. The highest BCUT2D eigenvalue weighted by Crippen LogP contribution is 2.57. The average Bonchev–Trinajstić information content (AvgIpc) is 3.10. The van der Waals surface area contributed by atoms with Crippen LogP contribution in [0.25, 0.3) is 0 Å². The second-order valence-electron chi connectivity index (χ2n) is 15.1. The molecular weight excluding hydrogens is 608 g/mol. The standard InChI is InChI=1S/C43H66N2O4/c1-5-9-13-31-17-27-39(33(29-31)15-11-7-3)43(35-19-23-37(24-20-35)48-41(44)46,36-21-25-38(26-22-36)49-42(45)47)40-28-18-32(14-10-6-2)30-34(40)16-12-8-4/h17-18,27-30,35-38H,5-16,19-26H2,1-4H3,(H2,44,46)(H2,45,47). The number of hydrogen-bond acceptors (Lipinski definition) is 4. The number of hydrogen-bond donors (Lipinski definition) is 2. The van der Waals surface area contributed by atoms with Gasteiger partial charge in [-0.2, -0.15) is 0 Å². The van der Waals surface area contributed by atoms with E-state index < -0.39 is 12.2 Å². The molecule has 2 amide bonds. The molecule has 6 heteroatoms. The molecular formula is C43H66N2O4. The first kappa shape index (κ1) is 38.8. The maximum absolute atomic E-state index is 11.8. The van der Waals surface area contributed by atoms with E-state index in [1.54, 1.807) is 0 Å². The number of carbonyl (C=O) groups excluding carboxylic acids is 2. The fraction of sp³-hybridized carbons (Fsp3) is 0.674. The number of nitrogens with two attached hydrogens (primary N) is 2. The van der Waals surface area contributed by atoms with Crippen molar-refractivity contribution in [3.8, 4) is 0 Å². The summed E-state index contributed by atoms with van der Waals surface area (Å²) in [4.78, 5) is 23.6. The van der Waals surface area contributed by atoms with Crippen molar-refractivity contribution in [2.24, 2.45) is 23.3 Å². The maximum atomic E-state index is 11.8. The van der Waals surface area contributed by atoms with E-state index in [4.69, 9.17) is 20.9 Å². The van der Waals surface area contributed by atoms with Crippen LogP contribution in [-0.4, -0.2) is 24.4 Å². The zero-order valence-corrected chi connectivity index (χ0v) is 31.2. The van der Waals surface area contributed by atoms with Gasteiger partial charge in [0.2, 0.25) is 0 Å². The summed E-state index contributed by atoms with van der Waals surface area (Å²) in [7, 11) is 0. The Labute approximate surface area is 297 Å². The van der Waals surface area contributed by atoms with Gasteiger partial charge in [-0.15, -0.1) is 0 Å². The summed E-state index contributed by atoms with van der Waals surface area (Å²) in [5, 5.41) is 0. The van der Waals surface area contributed by atoms with Crippen LogP contribution in [0.5, 0.6) is 0 Å². The predicted octanol–water partition coefficient (Wildman–Crippen LogP) is 10.7. The van der Waals surface area contributed by atoms with Crippen LogP contribution < -0.4 is 11.5 Å². The number of benzene rings is 2. The van der Waals surface area contributed by atoms with Gasteiger partial charge in [-0.05, 0) is 148 Å². The molecule has 0 spiro atoms. The molecule has 0 radical (unpaired) electrons. The van der Waals surface area contributed by atoms with E-state index in [9.17, 15) is 9.59 Å². The highest BCUT2D eigenvalue weighted by atomic mass is 16.6. The first-order chi connectivity index (χ1) is 23.8. The Balaban J connectivity index is 1.98. The molecule has 49 heavy (non-hydrogen) atoms. The Morgan fingerprint density at radius 2 is 0.918 bits per heavy atom. The van der Waals surface area contributed by atoms with Crippen LogP contribution in [0.1, 0.15) is 164 Å². The number of ether oxygens (including phenoxy) is 2. The Bertz CT molecular complexity index is 1220. The molecule has 0 aromatic heterocycles. The molecule has 2 aliphatic carbocycles. The number of unbranched alkanes of at least 4 members (excludes halogenated alkanes) is 4. The molecule has 0 atom stereocenters. The zero-order chi connectivity index (χ0) is 35.2. The number of rotatable bonds is 18. The molecule has 0 aliphatic heterocycles. The maximum Gasteiger partial charge on any atom is 0.404 e. The van der Waals surface area contributed by atoms with E-state index in [0.29, 0.717) is 11.8 Å². The highest BCUT2D eigenvalue weighted by molar-refractivity contribution is 5.65. The second kappa shape index (κ2) is 19.4. The lowest BCUT2D eigenvalue weighted by molar-refractivity contribution is 0.0274. The third kappa shape index (κ3) is 10.0.